The molecule has 3 nitrogen and oxygen atoms in total. The number of hydrogen-bond donors (Lipinski definition) is 3. The van der Waals surface area contributed by atoms with Crippen molar-refractivity contribution in [3.63, 3.8) is 0 Å². The van der Waals surface area contributed by atoms with E-state index in [2.05, 4.69) is 22.2 Å². The van der Waals surface area contributed by atoms with E-state index < -0.39 is 0 Å². The average molecular weight is 281 g/mol. The minimum absolute atomic E-state index is 0.698. The first kappa shape index (κ1) is 16.3. The minimum Gasteiger partial charge on any atom is -0.399 e. The molecule has 4 heteroatoms. The van der Waals surface area contributed by atoms with E-state index in [0.717, 1.165) is 24.5 Å². The fourth-order valence-corrected chi connectivity index (χ4v) is 2.98. The van der Waals surface area contributed by atoms with Crippen LogP contribution in [0.2, 0.25) is 0 Å². The molecular formula is C15H27N3S. The van der Waals surface area contributed by atoms with Gasteiger partial charge in [0.1, 0.15) is 0 Å². The predicted molar refractivity (Wildman–Crippen MR) is 87.4 cm³/mol. The van der Waals surface area contributed by atoms with Gasteiger partial charge in [-0.2, -0.15) is 0 Å². The Morgan fingerprint density at radius 3 is 2.63 bits per heavy atom. The smallest absolute Gasteiger partial charge is 0.0333 e. The van der Waals surface area contributed by atoms with Gasteiger partial charge in [0.05, 0.1) is 0 Å². The van der Waals surface area contributed by atoms with Crippen molar-refractivity contribution >= 4 is 17.6 Å². The highest BCUT2D eigenvalue weighted by atomic mass is 32.2. The standard InChI is InChI=1S/C13H21N3S.C2H6/c1-15-17-9-11-8-12(14)2-3-13(11)10-4-6-16-7-5-10;1-2/h2-3,8,10,15-16H,4-7,9,14H2,1H3;1-2H3. The van der Waals surface area contributed by atoms with Crippen molar-refractivity contribution in [3.8, 4) is 0 Å². The normalized spacial score (nSPS) is 15.7. The monoisotopic (exact) mass is 281 g/mol. The zero-order chi connectivity index (χ0) is 14.1. The van der Waals surface area contributed by atoms with Gasteiger partial charge in [-0.3, -0.25) is 4.72 Å². The molecule has 1 fully saturated rings. The maximum atomic E-state index is 5.89. The summed E-state index contributed by atoms with van der Waals surface area (Å²) in [6.07, 6.45) is 2.47. The molecule has 1 saturated heterocycles. The SMILES string of the molecule is CC.CNSCc1cc(N)ccc1C1CCNCC1. The van der Waals surface area contributed by atoms with Gasteiger partial charge in [-0.15, -0.1) is 0 Å². The molecule has 4 N–H and O–H groups in total. The van der Waals surface area contributed by atoms with Gasteiger partial charge in [0.15, 0.2) is 0 Å². The highest BCUT2D eigenvalue weighted by Gasteiger charge is 2.18. The second-order valence-corrected chi connectivity index (χ2v) is 5.46. The number of nitrogens with two attached hydrogens (primary N) is 1. The lowest BCUT2D eigenvalue weighted by atomic mass is 9.87. The third-order valence-corrected chi connectivity index (χ3v) is 4.06. The summed E-state index contributed by atoms with van der Waals surface area (Å²) in [5.74, 6) is 1.69. The number of anilines is 1. The van der Waals surface area contributed by atoms with Gasteiger partial charge in [0.25, 0.3) is 0 Å². The van der Waals surface area contributed by atoms with Crippen LogP contribution in [-0.2, 0) is 5.75 Å². The molecule has 1 heterocycles. The molecular weight excluding hydrogens is 254 g/mol. The Bertz CT molecular complexity index is 362. The number of hydrogen-bond acceptors (Lipinski definition) is 4. The lowest BCUT2D eigenvalue weighted by molar-refractivity contribution is 0.459. The molecule has 0 saturated carbocycles. The molecule has 0 unspecified atom stereocenters. The Kier molecular flexibility index (Phi) is 7.94. The van der Waals surface area contributed by atoms with Gasteiger partial charge in [0, 0.05) is 11.4 Å². The lowest BCUT2D eigenvalue weighted by Gasteiger charge is -2.25. The summed E-state index contributed by atoms with van der Waals surface area (Å²) in [5, 5.41) is 3.42. The Hall–Kier alpha value is -0.710. The first-order valence-corrected chi connectivity index (χ1v) is 8.17. The maximum Gasteiger partial charge on any atom is 0.0333 e. The summed E-state index contributed by atoms with van der Waals surface area (Å²) in [6.45, 7) is 6.27. The topological polar surface area (TPSA) is 50.1 Å². The van der Waals surface area contributed by atoms with Crippen molar-refractivity contribution in [3.05, 3.63) is 29.3 Å². The van der Waals surface area contributed by atoms with Crippen molar-refractivity contribution in [2.45, 2.75) is 38.4 Å². The fourth-order valence-electron chi connectivity index (χ4n) is 2.43. The molecule has 1 aliphatic heterocycles. The Morgan fingerprint density at radius 1 is 1.32 bits per heavy atom. The van der Waals surface area contributed by atoms with Crippen LogP contribution in [0.25, 0.3) is 0 Å². The van der Waals surface area contributed by atoms with Gasteiger partial charge in [0.2, 0.25) is 0 Å². The van der Waals surface area contributed by atoms with E-state index in [9.17, 15) is 0 Å². The van der Waals surface area contributed by atoms with Gasteiger partial charge >= 0.3 is 0 Å². The summed E-state index contributed by atoms with van der Waals surface area (Å²) < 4.78 is 3.13. The van der Waals surface area contributed by atoms with Crippen molar-refractivity contribution in [1.82, 2.24) is 10.0 Å². The minimum atomic E-state index is 0.698. The van der Waals surface area contributed by atoms with E-state index in [1.165, 1.54) is 24.0 Å². The molecule has 1 aliphatic rings. The summed E-state index contributed by atoms with van der Waals surface area (Å²) in [6, 6.07) is 6.38. The van der Waals surface area contributed by atoms with E-state index in [1.807, 2.05) is 27.0 Å². The molecule has 1 aromatic carbocycles. The molecule has 19 heavy (non-hydrogen) atoms. The Labute approximate surface area is 121 Å². The summed E-state index contributed by atoms with van der Waals surface area (Å²) in [4.78, 5) is 0. The first-order chi connectivity index (χ1) is 9.31. The van der Waals surface area contributed by atoms with Crippen LogP contribution in [0.5, 0.6) is 0 Å². The van der Waals surface area contributed by atoms with Crippen molar-refractivity contribution < 1.29 is 0 Å². The van der Waals surface area contributed by atoms with Crippen LogP contribution in [0.15, 0.2) is 18.2 Å². The average Bonchev–Trinajstić information content (AvgIpc) is 2.48. The van der Waals surface area contributed by atoms with Gasteiger partial charge < -0.3 is 11.1 Å². The molecule has 0 bridgehead atoms. The number of benzene rings is 1. The van der Waals surface area contributed by atoms with E-state index >= 15 is 0 Å². The molecule has 108 valence electrons. The highest BCUT2D eigenvalue weighted by Crippen LogP contribution is 2.30. The Morgan fingerprint density at radius 2 is 2.00 bits per heavy atom. The summed E-state index contributed by atoms with van der Waals surface area (Å²) >= 11 is 1.73. The summed E-state index contributed by atoms with van der Waals surface area (Å²) in [7, 11) is 1.96. The molecule has 0 aromatic heterocycles. The fraction of sp³-hybridized carbons (Fsp3) is 0.600. The molecule has 1 aromatic rings. The second kappa shape index (κ2) is 9.23. The highest BCUT2D eigenvalue weighted by molar-refractivity contribution is 7.96. The van der Waals surface area contributed by atoms with E-state index in [0.29, 0.717) is 5.92 Å². The van der Waals surface area contributed by atoms with Gasteiger partial charge in [-0.1, -0.05) is 31.9 Å². The van der Waals surface area contributed by atoms with E-state index in [4.69, 9.17) is 5.73 Å². The second-order valence-electron chi connectivity index (χ2n) is 4.48. The van der Waals surface area contributed by atoms with Crippen molar-refractivity contribution in [2.75, 3.05) is 25.9 Å². The van der Waals surface area contributed by atoms with Crippen LogP contribution in [0, 0.1) is 0 Å². The third-order valence-electron chi connectivity index (χ3n) is 3.32. The van der Waals surface area contributed by atoms with Crippen molar-refractivity contribution in [2.24, 2.45) is 0 Å². The van der Waals surface area contributed by atoms with E-state index in [1.54, 1.807) is 11.9 Å². The van der Waals surface area contributed by atoms with E-state index in [-0.39, 0.29) is 0 Å². The molecule has 0 aliphatic carbocycles. The third kappa shape index (κ3) is 5.05. The number of nitrogen functional groups attached to an aromatic ring is 1. The molecule has 0 amide bonds. The van der Waals surface area contributed by atoms with Crippen molar-refractivity contribution in [1.29, 1.82) is 0 Å². The van der Waals surface area contributed by atoms with Crippen LogP contribution in [0.4, 0.5) is 5.69 Å². The Balaban J connectivity index is 0.000000861. The zero-order valence-corrected chi connectivity index (χ0v) is 13.1. The van der Waals surface area contributed by atoms with Crippen LogP contribution in [0.3, 0.4) is 0 Å². The quantitative estimate of drug-likeness (QED) is 0.586. The zero-order valence-electron chi connectivity index (χ0n) is 12.3. The maximum absolute atomic E-state index is 5.89. The van der Waals surface area contributed by atoms with Crippen LogP contribution in [-0.4, -0.2) is 20.1 Å². The van der Waals surface area contributed by atoms with Gasteiger partial charge in [-0.25, -0.2) is 0 Å². The lowest BCUT2D eigenvalue weighted by Crippen LogP contribution is -2.27. The first-order valence-electron chi connectivity index (χ1n) is 7.19. The molecule has 0 spiro atoms. The number of nitrogens with one attached hydrogen (secondary N) is 2. The van der Waals surface area contributed by atoms with Gasteiger partial charge in [-0.05, 0) is 62.2 Å². The van der Waals surface area contributed by atoms with Crippen LogP contribution < -0.4 is 15.8 Å². The number of piperidine rings is 1. The molecule has 0 atom stereocenters. The molecule has 0 radical (unpaired) electrons. The predicted octanol–water partition coefficient (Wildman–Crippen LogP) is 3.13. The number of rotatable bonds is 4. The largest absolute Gasteiger partial charge is 0.399 e. The summed E-state index contributed by atoms with van der Waals surface area (Å²) in [5.41, 5.74) is 9.63. The molecule has 2 rings (SSSR count). The van der Waals surface area contributed by atoms with Crippen LogP contribution >= 0.6 is 11.9 Å². The van der Waals surface area contributed by atoms with Crippen LogP contribution in [0.1, 0.15) is 43.7 Å².